The minimum absolute atomic E-state index is 0.538. The molecule has 0 saturated carbocycles. The summed E-state index contributed by atoms with van der Waals surface area (Å²) in [5.74, 6) is 0.691. The molecule has 0 bridgehead atoms. The minimum atomic E-state index is 0.538. The lowest BCUT2D eigenvalue weighted by Gasteiger charge is -2.11. The van der Waals surface area contributed by atoms with E-state index in [1.54, 1.807) is 0 Å². The third kappa shape index (κ3) is 2.84. The Kier molecular flexibility index (Phi) is 4.22. The van der Waals surface area contributed by atoms with Crippen molar-refractivity contribution in [1.82, 2.24) is 25.0 Å². The van der Waals surface area contributed by atoms with Gasteiger partial charge in [-0.05, 0) is 17.8 Å². The second kappa shape index (κ2) is 6.91. The predicted molar refractivity (Wildman–Crippen MR) is 120 cm³/mol. The molecule has 142 valence electrons. The Bertz CT molecular complexity index is 1380. The molecule has 0 spiro atoms. The molecule has 0 aliphatic carbocycles. The van der Waals surface area contributed by atoms with E-state index in [0.29, 0.717) is 16.3 Å². The summed E-state index contributed by atoms with van der Waals surface area (Å²) < 4.78 is 2.35. The summed E-state index contributed by atoms with van der Waals surface area (Å²) in [6.07, 6.45) is 0. The van der Waals surface area contributed by atoms with Crippen molar-refractivity contribution < 1.29 is 0 Å². The quantitative estimate of drug-likeness (QED) is 0.401. The lowest BCUT2D eigenvalue weighted by atomic mass is 9.96. The molecule has 0 aliphatic rings. The van der Waals surface area contributed by atoms with Crippen molar-refractivity contribution in [2.75, 3.05) is 5.73 Å². The molecule has 0 saturated heterocycles. The number of nitrogens with two attached hydrogens (primary N) is 1. The van der Waals surface area contributed by atoms with Crippen LogP contribution < -0.4 is 5.73 Å². The van der Waals surface area contributed by atoms with E-state index in [2.05, 4.69) is 32.5 Å². The first-order valence-electron chi connectivity index (χ1n) is 8.96. The zero-order valence-electron chi connectivity index (χ0n) is 15.5. The number of nitrogens with zero attached hydrogens (tertiary/aromatic N) is 4. The van der Waals surface area contributed by atoms with Crippen molar-refractivity contribution in [2.24, 2.45) is 7.05 Å². The monoisotopic (exact) mass is 416 g/mol. The Hall–Kier alpha value is -3.36. The average molecular weight is 417 g/mol. The van der Waals surface area contributed by atoms with Crippen LogP contribution in [0.3, 0.4) is 0 Å². The van der Waals surface area contributed by atoms with Gasteiger partial charge in [0.2, 0.25) is 0 Å². The van der Waals surface area contributed by atoms with Crippen LogP contribution in [-0.4, -0.2) is 25.0 Å². The van der Waals surface area contributed by atoms with E-state index < -0.39 is 0 Å². The summed E-state index contributed by atoms with van der Waals surface area (Å²) >= 11 is 6.73. The van der Waals surface area contributed by atoms with Crippen molar-refractivity contribution in [1.29, 1.82) is 0 Å². The number of hydrogen-bond acceptors (Lipinski definition) is 6. The van der Waals surface area contributed by atoms with E-state index in [-0.39, 0.29) is 0 Å². The van der Waals surface area contributed by atoms with Gasteiger partial charge in [-0.3, -0.25) is 5.10 Å². The van der Waals surface area contributed by atoms with Crippen molar-refractivity contribution >= 4 is 39.5 Å². The summed E-state index contributed by atoms with van der Waals surface area (Å²) in [5.41, 5.74) is 11.1. The number of nitrogens with one attached hydrogen (secondary N) is 1. The van der Waals surface area contributed by atoms with Crippen LogP contribution in [0.1, 0.15) is 0 Å². The van der Waals surface area contributed by atoms with E-state index in [9.17, 15) is 0 Å². The molecule has 0 amide bonds. The molecule has 3 aromatic heterocycles. The van der Waals surface area contributed by atoms with Gasteiger partial charge in [-0.2, -0.15) is 5.10 Å². The van der Waals surface area contributed by atoms with Gasteiger partial charge in [-0.25, -0.2) is 0 Å². The number of fused-ring (bicyclic) bond motifs is 1. The molecule has 0 unspecified atom stereocenters. The largest absolute Gasteiger partial charge is 0.397 e. The number of anilines is 1. The van der Waals surface area contributed by atoms with Crippen molar-refractivity contribution in [3.63, 3.8) is 0 Å². The topological polar surface area (TPSA) is 85.4 Å². The number of aromatic nitrogens is 5. The zero-order valence-corrected chi connectivity index (χ0v) is 17.1. The van der Waals surface area contributed by atoms with Gasteiger partial charge in [-0.1, -0.05) is 60.7 Å². The molecular formula is C21H16N6S2. The fraction of sp³-hybridized carbons (Fsp3) is 0.0476. The third-order valence-corrected chi connectivity index (χ3v) is 6.30. The van der Waals surface area contributed by atoms with Crippen LogP contribution in [0.25, 0.3) is 43.3 Å². The summed E-state index contributed by atoms with van der Waals surface area (Å²) in [5, 5.41) is 17.1. The minimum Gasteiger partial charge on any atom is -0.397 e. The Morgan fingerprint density at radius 1 is 0.966 bits per heavy atom. The summed E-state index contributed by atoms with van der Waals surface area (Å²) in [6.45, 7) is 0. The number of hydrogen-bond donors (Lipinski definition) is 2. The summed E-state index contributed by atoms with van der Waals surface area (Å²) in [4.78, 5) is 1.59. The van der Waals surface area contributed by atoms with Crippen LogP contribution in [0.2, 0.25) is 0 Å². The molecule has 0 aliphatic heterocycles. The molecule has 29 heavy (non-hydrogen) atoms. The maximum atomic E-state index is 6.68. The molecule has 0 atom stereocenters. The molecule has 3 heterocycles. The predicted octanol–water partition coefficient (Wildman–Crippen LogP) is 5.07. The van der Waals surface area contributed by atoms with Gasteiger partial charge in [0.15, 0.2) is 10.6 Å². The SMILES string of the molecule is Cn1c(-c2sc3nnc(-c4ccccc4)c(-c4ccccc4)c3c2N)n[nH]c1=S. The molecule has 0 radical (unpaired) electrons. The average Bonchev–Trinajstić information content (AvgIpc) is 3.27. The van der Waals surface area contributed by atoms with Gasteiger partial charge in [0, 0.05) is 23.6 Å². The molecular weight excluding hydrogens is 400 g/mol. The highest BCUT2D eigenvalue weighted by atomic mass is 32.1. The molecule has 3 N–H and O–H groups in total. The number of H-pyrrole nitrogens is 1. The second-order valence-corrected chi connectivity index (χ2v) is 7.98. The van der Waals surface area contributed by atoms with Crippen LogP contribution >= 0.6 is 23.6 Å². The van der Waals surface area contributed by atoms with Gasteiger partial charge in [0.1, 0.15) is 10.5 Å². The second-order valence-electron chi connectivity index (χ2n) is 6.59. The molecule has 0 fully saturated rings. The highest BCUT2D eigenvalue weighted by Gasteiger charge is 2.23. The molecule has 6 nitrogen and oxygen atoms in total. The summed E-state index contributed by atoms with van der Waals surface area (Å²) in [6, 6.07) is 20.2. The molecule has 8 heteroatoms. The Morgan fingerprint density at radius 3 is 2.24 bits per heavy atom. The van der Waals surface area contributed by atoms with Crippen LogP contribution in [0.15, 0.2) is 60.7 Å². The van der Waals surface area contributed by atoms with E-state index in [1.807, 2.05) is 60.1 Å². The lowest BCUT2D eigenvalue weighted by molar-refractivity contribution is 0.904. The lowest BCUT2D eigenvalue weighted by Crippen LogP contribution is -1.96. The van der Waals surface area contributed by atoms with Gasteiger partial charge in [0.25, 0.3) is 0 Å². The maximum Gasteiger partial charge on any atom is 0.195 e. The number of rotatable bonds is 3. The first-order chi connectivity index (χ1) is 14.1. The fourth-order valence-electron chi connectivity index (χ4n) is 3.41. The van der Waals surface area contributed by atoms with Gasteiger partial charge in [-0.15, -0.1) is 21.5 Å². The van der Waals surface area contributed by atoms with Crippen LogP contribution in [-0.2, 0) is 7.05 Å². The highest BCUT2D eigenvalue weighted by Crippen LogP contribution is 2.45. The number of aromatic amines is 1. The Morgan fingerprint density at radius 2 is 1.62 bits per heavy atom. The smallest absolute Gasteiger partial charge is 0.195 e. The first-order valence-corrected chi connectivity index (χ1v) is 10.2. The van der Waals surface area contributed by atoms with Gasteiger partial charge >= 0.3 is 0 Å². The van der Waals surface area contributed by atoms with Crippen molar-refractivity contribution in [2.45, 2.75) is 0 Å². The Balaban J connectivity index is 1.88. The summed E-state index contributed by atoms with van der Waals surface area (Å²) in [7, 11) is 1.87. The van der Waals surface area contributed by atoms with Gasteiger partial charge in [0.05, 0.1) is 10.6 Å². The van der Waals surface area contributed by atoms with E-state index in [0.717, 1.165) is 37.5 Å². The highest BCUT2D eigenvalue weighted by molar-refractivity contribution is 7.71. The molecule has 5 aromatic rings. The Labute approximate surface area is 175 Å². The van der Waals surface area contributed by atoms with Gasteiger partial charge < -0.3 is 10.3 Å². The van der Waals surface area contributed by atoms with E-state index >= 15 is 0 Å². The van der Waals surface area contributed by atoms with E-state index in [4.69, 9.17) is 18.0 Å². The van der Waals surface area contributed by atoms with Crippen molar-refractivity contribution in [3.8, 4) is 33.1 Å². The first kappa shape index (κ1) is 17.7. The van der Waals surface area contributed by atoms with Crippen molar-refractivity contribution in [3.05, 3.63) is 65.4 Å². The maximum absolute atomic E-state index is 6.68. The van der Waals surface area contributed by atoms with Crippen LogP contribution in [0.5, 0.6) is 0 Å². The zero-order chi connectivity index (χ0) is 20.0. The fourth-order valence-corrected chi connectivity index (χ4v) is 4.61. The number of benzene rings is 2. The molecule has 5 rings (SSSR count). The normalized spacial score (nSPS) is 11.2. The number of thiophene rings is 1. The number of nitrogen functional groups attached to an aromatic ring is 1. The molecule has 2 aromatic carbocycles. The standard InChI is InChI=1S/C21H16N6S2/c1-27-19(24-26-21(27)28)18-16(22)15-14(12-8-4-2-5-9-12)17(23-25-20(15)29-18)13-10-6-3-7-11-13/h2-11H,22H2,1H3,(H,26,28). The van der Waals surface area contributed by atoms with Crippen LogP contribution in [0.4, 0.5) is 5.69 Å². The van der Waals surface area contributed by atoms with E-state index in [1.165, 1.54) is 11.3 Å². The third-order valence-electron chi connectivity index (χ3n) is 4.85. The van der Waals surface area contributed by atoms with Crippen LogP contribution in [0, 0.1) is 4.77 Å².